The number of likely N-dealkylation sites (N-methyl/N-ethyl adjacent to an activating group) is 1. The third kappa shape index (κ3) is 3.95. The Morgan fingerprint density at radius 2 is 2.16 bits per heavy atom. The monoisotopic (exact) mass is 262 g/mol. The van der Waals surface area contributed by atoms with Gasteiger partial charge in [0.2, 0.25) is 0 Å². The normalized spacial score (nSPS) is 23.6. The van der Waals surface area contributed by atoms with Crippen molar-refractivity contribution in [1.82, 2.24) is 10.2 Å². The van der Waals surface area contributed by atoms with Crippen LogP contribution >= 0.6 is 0 Å². The van der Waals surface area contributed by atoms with Gasteiger partial charge in [0.1, 0.15) is 5.75 Å². The highest BCUT2D eigenvalue weighted by atomic mass is 16.5. The molecule has 1 aromatic carbocycles. The van der Waals surface area contributed by atoms with Gasteiger partial charge in [-0.25, -0.2) is 0 Å². The topological polar surface area (TPSA) is 24.5 Å². The van der Waals surface area contributed by atoms with Crippen molar-refractivity contribution in [2.24, 2.45) is 5.92 Å². The van der Waals surface area contributed by atoms with Crippen LogP contribution in [0, 0.1) is 5.92 Å². The van der Waals surface area contributed by atoms with Gasteiger partial charge in [0, 0.05) is 24.7 Å². The van der Waals surface area contributed by atoms with E-state index >= 15 is 0 Å². The molecule has 0 radical (unpaired) electrons. The molecule has 2 atom stereocenters. The van der Waals surface area contributed by atoms with Crippen molar-refractivity contribution in [3.05, 3.63) is 29.8 Å². The number of benzene rings is 1. The van der Waals surface area contributed by atoms with E-state index in [1.165, 1.54) is 18.4 Å². The summed E-state index contributed by atoms with van der Waals surface area (Å²) in [5.74, 6) is 1.76. The molecule has 2 unspecified atom stereocenters. The fourth-order valence-corrected chi connectivity index (χ4v) is 2.88. The van der Waals surface area contributed by atoms with Gasteiger partial charge in [0.25, 0.3) is 0 Å². The van der Waals surface area contributed by atoms with Crippen LogP contribution in [0.5, 0.6) is 5.75 Å². The third-order valence-electron chi connectivity index (χ3n) is 4.07. The first-order valence-corrected chi connectivity index (χ1v) is 7.24. The predicted molar refractivity (Wildman–Crippen MR) is 79.5 cm³/mol. The van der Waals surface area contributed by atoms with E-state index in [-0.39, 0.29) is 0 Å². The Labute approximate surface area is 116 Å². The number of piperidine rings is 1. The minimum atomic E-state index is 0.619. The second-order valence-corrected chi connectivity index (χ2v) is 5.69. The van der Waals surface area contributed by atoms with Crippen LogP contribution in [0.1, 0.15) is 25.3 Å². The lowest BCUT2D eigenvalue weighted by atomic mass is 9.92. The number of methoxy groups -OCH3 is 1. The number of hydrogen-bond acceptors (Lipinski definition) is 3. The Morgan fingerprint density at radius 1 is 1.37 bits per heavy atom. The molecule has 0 saturated carbocycles. The summed E-state index contributed by atoms with van der Waals surface area (Å²) in [5.41, 5.74) is 1.26. The average molecular weight is 262 g/mol. The zero-order valence-electron chi connectivity index (χ0n) is 12.4. The van der Waals surface area contributed by atoms with Gasteiger partial charge in [0.05, 0.1) is 7.11 Å². The third-order valence-corrected chi connectivity index (χ3v) is 4.07. The molecule has 3 heteroatoms. The zero-order chi connectivity index (χ0) is 13.7. The van der Waals surface area contributed by atoms with Gasteiger partial charge in [-0.05, 0) is 38.4 Å². The van der Waals surface area contributed by atoms with Gasteiger partial charge in [-0.15, -0.1) is 0 Å². The first kappa shape index (κ1) is 14.4. The van der Waals surface area contributed by atoms with E-state index in [9.17, 15) is 0 Å². The summed E-state index contributed by atoms with van der Waals surface area (Å²) in [6.07, 6.45) is 2.66. The summed E-state index contributed by atoms with van der Waals surface area (Å²) in [6.45, 7) is 5.55. The van der Waals surface area contributed by atoms with Gasteiger partial charge in [-0.3, -0.25) is 0 Å². The van der Waals surface area contributed by atoms with Crippen molar-refractivity contribution in [3.8, 4) is 5.75 Å². The Balaban J connectivity index is 1.91. The molecule has 0 bridgehead atoms. The van der Waals surface area contributed by atoms with Crippen molar-refractivity contribution in [2.45, 2.75) is 32.4 Å². The summed E-state index contributed by atoms with van der Waals surface area (Å²) in [7, 11) is 3.93. The van der Waals surface area contributed by atoms with Crippen LogP contribution in [0.25, 0.3) is 0 Å². The molecule has 0 spiro atoms. The Morgan fingerprint density at radius 3 is 2.89 bits per heavy atom. The van der Waals surface area contributed by atoms with Crippen molar-refractivity contribution in [3.63, 3.8) is 0 Å². The second-order valence-electron chi connectivity index (χ2n) is 5.69. The van der Waals surface area contributed by atoms with Crippen molar-refractivity contribution in [1.29, 1.82) is 0 Å². The van der Waals surface area contributed by atoms with Gasteiger partial charge in [0.15, 0.2) is 0 Å². The van der Waals surface area contributed by atoms with Crippen LogP contribution in [-0.4, -0.2) is 38.2 Å². The molecule has 1 aromatic rings. The summed E-state index contributed by atoms with van der Waals surface area (Å²) >= 11 is 0. The number of nitrogens with one attached hydrogen (secondary N) is 1. The molecule has 1 heterocycles. The molecule has 0 aliphatic carbocycles. The SMILES string of the molecule is COc1ccccc1CN(C)CC1NCCCC1C. The zero-order valence-corrected chi connectivity index (χ0v) is 12.4. The van der Waals surface area contributed by atoms with Crippen LogP contribution < -0.4 is 10.1 Å². The average Bonchev–Trinajstić information content (AvgIpc) is 2.42. The van der Waals surface area contributed by atoms with Crippen LogP contribution in [0.4, 0.5) is 0 Å². The van der Waals surface area contributed by atoms with E-state index < -0.39 is 0 Å². The van der Waals surface area contributed by atoms with Crippen molar-refractivity contribution in [2.75, 3.05) is 27.2 Å². The Bertz CT molecular complexity index is 394. The lowest BCUT2D eigenvalue weighted by Crippen LogP contribution is -2.46. The standard InChI is InChI=1S/C16H26N2O/c1-13-7-6-10-17-15(13)12-18(2)11-14-8-4-5-9-16(14)19-3/h4-5,8-9,13,15,17H,6-7,10-12H2,1-3H3. The van der Waals surface area contributed by atoms with Crippen LogP contribution in [0.2, 0.25) is 0 Å². The largest absolute Gasteiger partial charge is 0.496 e. The van der Waals surface area contributed by atoms with Gasteiger partial charge in [-0.1, -0.05) is 25.1 Å². The lowest BCUT2D eigenvalue weighted by molar-refractivity contribution is 0.210. The fraction of sp³-hybridized carbons (Fsp3) is 0.625. The highest BCUT2D eigenvalue weighted by Gasteiger charge is 2.22. The molecule has 1 fully saturated rings. The second kappa shape index (κ2) is 6.92. The van der Waals surface area contributed by atoms with Gasteiger partial charge < -0.3 is 15.0 Å². The summed E-state index contributed by atoms with van der Waals surface area (Å²) in [4.78, 5) is 2.39. The fourth-order valence-electron chi connectivity index (χ4n) is 2.88. The lowest BCUT2D eigenvalue weighted by Gasteiger charge is -2.33. The number of para-hydroxylation sites is 1. The Hall–Kier alpha value is -1.06. The molecule has 106 valence electrons. The van der Waals surface area contributed by atoms with E-state index in [4.69, 9.17) is 4.74 Å². The molecule has 1 saturated heterocycles. The smallest absolute Gasteiger partial charge is 0.123 e. The van der Waals surface area contributed by atoms with Crippen molar-refractivity contribution < 1.29 is 4.74 Å². The Kier molecular flexibility index (Phi) is 5.23. The quantitative estimate of drug-likeness (QED) is 0.882. The maximum absolute atomic E-state index is 5.42. The number of rotatable bonds is 5. The summed E-state index contributed by atoms with van der Waals surface area (Å²) in [6, 6.07) is 8.89. The van der Waals surface area contributed by atoms with Gasteiger partial charge >= 0.3 is 0 Å². The molecule has 19 heavy (non-hydrogen) atoms. The number of nitrogens with zero attached hydrogens (tertiary/aromatic N) is 1. The summed E-state index contributed by atoms with van der Waals surface area (Å²) in [5, 5.41) is 3.64. The van der Waals surface area contributed by atoms with Crippen LogP contribution in [0.3, 0.4) is 0 Å². The molecule has 3 nitrogen and oxygen atoms in total. The summed E-state index contributed by atoms with van der Waals surface area (Å²) < 4.78 is 5.42. The first-order valence-electron chi connectivity index (χ1n) is 7.24. The molecule has 1 N–H and O–H groups in total. The van der Waals surface area contributed by atoms with E-state index in [2.05, 4.69) is 36.3 Å². The molecule has 0 amide bonds. The minimum absolute atomic E-state index is 0.619. The number of ether oxygens (including phenoxy) is 1. The predicted octanol–water partition coefficient (Wildman–Crippen LogP) is 2.52. The van der Waals surface area contributed by atoms with E-state index in [0.717, 1.165) is 31.3 Å². The van der Waals surface area contributed by atoms with Crippen LogP contribution in [0.15, 0.2) is 24.3 Å². The van der Waals surface area contributed by atoms with Crippen molar-refractivity contribution >= 4 is 0 Å². The van der Waals surface area contributed by atoms with Gasteiger partial charge in [-0.2, -0.15) is 0 Å². The molecule has 1 aliphatic rings. The maximum atomic E-state index is 5.42. The van der Waals surface area contributed by atoms with E-state index in [0.29, 0.717) is 6.04 Å². The molecular formula is C16H26N2O. The highest BCUT2D eigenvalue weighted by molar-refractivity contribution is 5.33. The first-order chi connectivity index (χ1) is 9.20. The van der Waals surface area contributed by atoms with Crippen LogP contribution in [-0.2, 0) is 6.54 Å². The molecule has 2 rings (SSSR count). The van der Waals surface area contributed by atoms with E-state index in [1.54, 1.807) is 7.11 Å². The maximum Gasteiger partial charge on any atom is 0.123 e. The molecule has 0 aromatic heterocycles. The molecule has 1 aliphatic heterocycles. The molecular weight excluding hydrogens is 236 g/mol. The number of hydrogen-bond donors (Lipinski definition) is 1. The van der Waals surface area contributed by atoms with E-state index in [1.807, 2.05) is 12.1 Å². The minimum Gasteiger partial charge on any atom is -0.496 e. The highest BCUT2D eigenvalue weighted by Crippen LogP contribution is 2.20.